The molecule has 2 aromatic rings. The van der Waals surface area contributed by atoms with E-state index in [-0.39, 0.29) is 12.1 Å². The minimum absolute atomic E-state index is 0.0446. The number of para-hydroxylation sites is 1. The van der Waals surface area contributed by atoms with Gasteiger partial charge in [0.1, 0.15) is 5.75 Å². The number of nitrogens with zero attached hydrogens (tertiary/aromatic N) is 3. The Balaban J connectivity index is 1.81. The van der Waals surface area contributed by atoms with E-state index in [1.54, 1.807) is 11.8 Å². The van der Waals surface area contributed by atoms with E-state index in [1.165, 1.54) is 0 Å². The number of hydrogen-bond acceptors (Lipinski definition) is 3. The van der Waals surface area contributed by atoms with Gasteiger partial charge in [0.25, 0.3) is 0 Å². The summed E-state index contributed by atoms with van der Waals surface area (Å²) in [5, 5.41) is 7.23. The molecule has 2 heterocycles. The Morgan fingerprint density at radius 1 is 1.39 bits per heavy atom. The van der Waals surface area contributed by atoms with Gasteiger partial charge >= 0.3 is 6.03 Å². The molecule has 2 amide bonds. The van der Waals surface area contributed by atoms with Gasteiger partial charge in [0.2, 0.25) is 0 Å². The molecule has 1 unspecified atom stereocenters. The standard InChI is InChI=1S/C17H22N4O2/c1-12-14(11-20(2)19-12)18-17(22)21-10-6-8-15(21)13-7-4-5-9-16(13)23-3/h4-5,7,9,11,15H,6,8,10H2,1-3H3,(H,18,22). The number of rotatable bonds is 3. The molecule has 1 aliphatic rings. The summed E-state index contributed by atoms with van der Waals surface area (Å²) in [7, 11) is 3.51. The van der Waals surface area contributed by atoms with E-state index >= 15 is 0 Å². The normalized spacial score (nSPS) is 17.3. The lowest BCUT2D eigenvalue weighted by Crippen LogP contribution is -2.34. The van der Waals surface area contributed by atoms with Crippen molar-refractivity contribution in [3.05, 3.63) is 41.7 Å². The number of amides is 2. The number of benzene rings is 1. The maximum Gasteiger partial charge on any atom is 0.322 e. The quantitative estimate of drug-likeness (QED) is 0.947. The van der Waals surface area contributed by atoms with Crippen LogP contribution in [0, 0.1) is 6.92 Å². The van der Waals surface area contributed by atoms with Crippen LogP contribution in [0.2, 0.25) is 0 Å². The number of hydrogen-bond donors (Lipinski definition) is 1. The molecular weight excluding hydrogens is 292 g/mol. The molecule has 23 heavy (non-hydrogen) atoms. The van der Waals surface area contributed by atoms with E-state index in [9.17, 15) is 4.79 Å². The van der Waals surface area contributed by atoms with Crippen LogP contribution >= 0.6 is 0 Å². The molecule has 0 radical (unpaired) electrons. The van der Waals surface area contributed by atoms with Gasteiger partial charge in [-0.3, -0.25) is 4.68 Å². The maximum absolute atomic E-state index is 12.7. The summed E-state index contributed by atoms with van der Waals surface area (Å²) in [4.78, 5) is 14.6. The van der Waals surface area contributed by atoms with Gasteiger partial charge in [0, 0.05) is 25.4 Å². The number of ether oxygens (including phenoxy) is 1. The molecule has 0 aliphatic carbocycles. The second-order valence-corrected chi connectivity index (χ2v) is 5.83. The molecule has 0 saturated carbocycles. The molecule has 1 N–H and O–H groups in total. The summed E-state index contributed by atoms with van der Waals surface area (Å²) in [5.41, 5.74) is 2.63. The highest BCUT2D eigenvalue weighted by Gasteiger charge is 2.32. The van der Waals surface area contributed by atoms with E-state index in [2.05, 4.69) is 10.4 Å². The number of carbonyl (C=O) groups is 1. The fourth-order valence-electron chi connectivity index (χ4n) is 3.18. The first-order valence-corrected chi connectivity index (χ1v) is 7.81. The van der Waals surface area contributed by atoms with Crippen molar-refractivity contribution in [3.63, 3.8) is 0 Å². The Kier molecular flexibility index (Phi) is 4.23. The fourth-order valence-corrected chi connectivity index (χ4v) is 3.18. The molecule has 0 bridgehead atoms. The van der Waals surface area contributed by atoms with Gasteiger partial charge in [0.15, 0.2) is 0 Å². The molecule has 1 aromatic heterocycles. The zero-order valence-corrected chi connectivity index (χ0v) is 13.7. The van der Waals surface area contributed by atoms with E-state index in [1.807, 2.05) is 49.3 Å². The lowest BCUT2D eigenvalue weighted by atomic mass is 10.0. The molecule has 1 fully saturated rings. The predicted octanol–water partition coefficient (Wildman–Crippen LogP) is 3.11. The summed E-state index contributed by atoms with van der Waals surface area (Å²) in [6, 6.07) is 7.86. The average molecular weight is 314 g/mol. The highest BCUT2D eigenvalue weighted by molar-refractivity contribution is 5.90. The summed E-state index contributed by atoms with van der Waals surface area (Å²) in [5.74, 6) is 0.828. The van der Waals surface area contributed by atoms with Crippen LogP contribution in [-0.4, -0.2) is 34.4 Å². The molecule has 122 valence electrons. The third-order valence-electron chi connectivity index (χ3n) is 4.27. The molecule has 3 rings (SSSR count). The van der Waals surface area contributed by atoms with Gasteiger partial charge in [-0.25, -0.2) is 4.79 Å². The highest BCUT2D eigenvalue weighted by atomic mass is 16.5. The van der Waals surface area contributed by atoms with Gasteiger partial charge in [-0.2, -0.15) is 5.10 Å². The van der Waals surface area contributed by atoms with Crippen LogP contribution in [-0.2, 0) is 7.05 Å². The Morgan fingerprint density at radius 3 is 2.87 bits per heavy atom. The summed E-state index contributed by atoms with van der Waals surface area (Å²) < 4.78 is 7.16. The lowest BCUT2D eigenvalue weighted by molar-refractivity contribution is 0.206. The number of aromatic nitrogens is 2. The molecular formula is C17H22N4O2. The minimum atomic E-state index is -0.0884. The number of carbonyl (C=O) groups excluding carboxylic acids is 1. The third-order valence-corrected chi connectivity index (χ3v) is 4.27. The smallest absolute Gasteiger partial charge is 0.322 e. The Labute approximate surface area is 136 Å². The molecule has 1 atom stereocenters. The van der Waals surface area contributed by atoms with Crippen molar-refractivity contribution in [1.29, 1.82) is 0 Å². The largest absolute Gasteiger partial charge is 0.496 e. The van der Waals surface area contributed by atoms with Gasteiger partial charge in [-0.15, -0.1) is 0 Å². The number of urea groups is 1. The zero-order valence-electron chi connectivity index (χ0n) is 13.7. The average Bonchev–Trinajstić information content (AvgIpc) is 3.14. The van der Waals surface area contributed by atoms with E-state index in [4.69, 9.17) is 4.74 Å². The third kappa shape index (κ3) is 3.02. The molecule has 1 aliphatic heterocycles. The Hall–Kier alpha value is -2.50. The van der Waals surface area contributed by atoms with E-state index in [0.717, 1.165) is 42.1 Å². The SMILES string of the molecule is COc1ccccc1C1CCCN1C(=O)Nc1cn(C)nc1C. The highest BCUT2D eigenvalue weighted by Crippen LogP contribution is 2.37. The number of likely N-dealkylation sites (tertiary alicyclic amines) is 1. The van der Waals surface area contributed by atoms with Crippen molar-refractivity contribution in [1.82, 2.24) is 14.7 Å². The van der Waals surface area contributed by atoms with E-state index < -0.39 is 0 Å². The van der Waals surface area contributed by atoms with Gasteiger partial charge in [-0.05, 0) is 25.8 Å². The second kappa shape index (κ2) is 6.32. The molecule has 1 saturated heterocycles. The van der Waals surface area contributed by atoms with Crippen molar-refractivity contribution >= 4 is 11.7 Å². The number of nitrogens with one attached hydrogen (secondary N) is 1. The van der Waals surface area contributed by atoms with Crippen molar-refractivity contribution in [2.24, 2.45) is 7.05 Å². The van der Waals surface area contributed by atoms with Crippen LogP contribution in [0.4, 0.5) is 10.5 Å². The number of anilines is 1. The molecule has 1 aromatic carbocycles. The van der Waals surface area contributed by atoms with Gasteiger partial charge in [0.05, 0.1) is 24.5 Å². The zero-order chi connectivity index (χ0) is 16.4. The molecule has 0 spiro atoms. The summed E-state index contributed by atoms with van der Waals surface area (Å²) in [6.45, 7) is 2.63. The van der Waals surface area contributed by atoms with Crippen LogP contribution in [0.25, 0.3) is 0 Å². The summed E-state index contributed by atoms with van der Waals surface area (Å²) >= 11 is 0. The summed E-state index contributed by atoms with van der Waals surface area (Å²) in [6.07, 6.45) is 3.75. The van der Waals surface area contributed by atoms with Crippen LogP contribution in [0.5, 0.6) is 5.75 Å². The Bertz CT molecular complexity index is 710. The van der Waals surface area contributed by atoms with Gasteiger partial charge < -0.3 is 15.0 Å². The van der Waals surface area contributed by atoms with Crippen LogP contribution in [0.1, 0.15) is 30.1 Å². The van der Waals surface area contributed by atoms with Crippen LogP contribution < -0.4 is 10.1 Å². The minimum Gasteiger partial charge on any atom is -0.496 e. The first-order valence-electron chi connectivity index (χ1n) is 7.81. The first kappa shape index (κ1) is 15.4. The van der Waals surface area contributed by atoms with Crippen molar-refractivity contribution in [2.75, 3.05) is 19.0 Å². The van der Waals surface area contributed by atoms with Crippen LogP contribution in [0.15, 0.2) is 30.5 Å². The monoisotopic (exact) mass is 314 g/mol. The topological polar surface area (TPSA) is 59.4 Å². The Morgan fingerprint density at radius 2 is 2.17 bits per heavy atom. The predicted molar refractivity (Wildman–Crippen MR) is 88.6 cm³/mol. The molecule has 6 nitrogen and oxygen atoms in total. The second-order valence-electron chi connectivity index (χ2n) is 5.83. The fraction of sp³-hybridized carbons (Fsp3) is 0.412. The molecule has 6 heteroatoms. The van der Waals surface area contributed by atoms with Crippen molar-refractivity contribution in [2.45, 2.75) is 25.8 Å². The lowest BCUT2D eigenvalue weighted by Gasteiger charge is -2.26. The maximum atomic E-state index is 12.7. The van der Waals surface area contributed by atoms with Gasteiger partial charge in [-0.1, -0.05) is 18.2 Å². The number of aryl methyl sites for hydroxylation is 2. The van der Waals surface area contributed by atoms with E-state index in [0.29, 0.717) is 0 Å². The number of methoxy groups -OCH3 is 1. The van der Waals surface area contributed by atoms with Crippen molar-refractivity contribution in [3.8, 4) is 5.75 Å². The first-order chi connectivity index (χ1) is 11.1. The van der Waals surface area contributed by atoms with Crippen LogP contribution in [0.3, 0.4) is 0 Å². The van der Waals surface area contributed by atoms with Crippen molar-refractivity contribution < 1.29 is 9.53 Å².